The molecule has 2 aromatic carbocycles. The van der Waals surface area contributed by atoms with Crippen LogP contribution in [0.2, 0.25) is 0 Å². The van der Waals surface area contributed by atoms with Gasteiger partial charge in [0.15, 0.2) is 5.75 Å². The van der Waals surface area contributed by atoms with Crippen LogP contribution < -0.4 is 10.1 Å². The first kappa shape index (κ1) is 18.4. The Hall–Kier alpha value is -2.99. The molecule has 1 N–H and O–H groups in total. The van der Waals surface area contributed by atoms with Crippen LogP contribution in [0, 0.1) is 11.7 Å². The van der Waals surface area contributed by atoms with E-state index < -0.39 is 6.09 Å². The van der Waals surface area contributed by atoms with E-state index in [1.807, 2.05) is 24.3 Å². The quantitative estimate of drug-likeness (QED) is 0.742. The molecule has 2 heterocycles. The molecular weight excluding hydrogens is 357 g/mol. The van der Waals surface area contributed by atoms with Crippen molar-refractivity contribution in [2.24, 2.45) is 5.92 Å². The molecule has 0 saturated carbocycles. The summed E-state index contributed by atoms with van der Waals surface area (Å²) in [6.45, 7) is 2.61. The number of nitrogens with one attached hydrogen (secondary N) is 1. The molecule has 1 aliphatic rings. The Morgan fingerprint density at radius 2 is 1.96 bits per heavy atom. The number of aromatic nitrogens is 1. The molecule has 0 spiro atoms. The number of rotatable bonds is 4. The van der Waals surface area contributed by atoms with E-state index in [0.29, 0.717) is 34.9 Å². The first-order chi connectivity index (χ1) is 13.6. The van der Waals surface area contributed by atoms with E-state index in [0.717, 1.165) is 24.9 Å². The molecule has 0 radical (unpaired) electrons. The Kier molecular flexibility index (Phi) is 5.21. The molecule has 0 aliphatic carbocycles. The molecule has 3 aromatic rings. The maximum atomic E-state index is 14.3. The molecule has 1 saturated heterocycles. The number of pyridine rings is 1. The summed E-state index contributed by atoms with van der Waals surface area (Å²) < 4.78 is 19.8. The monoisotopic (exact) mass is 379 g/mol. The van der Waals surface area contributed by atoms with Gasteiger partial charge in [0, 0.05) is 29.4 Å². The molecule has 1 atom stereocenters. The number of benzene rings is 2. The number of halogens is 1. The van der Waals surface area contributed by atoms with Crippen LogP contribution in [-0.4, -0.2) is 42.7 Å². The van der Waals surface area contributed by atoms with Gasteiger partial charge in [-0.25, -0.2) is 9.18 Å². The molecule has 6 heteroatoms. The van der Waals surface area contributed by atoms with Crippen LogP contribution in [0.5, 0.6) is 5.75 Å². The first-order valence-corrected chi connectivity index (χ1v) is 9.38. The third-order valence-corrected chi connectivity index (χ3v) is 5.11. The number of hydrogen-bond acceptors (Lipinski definition) is 4. The second-order valence-electron chi connectivity index (χ2n) is 7.18. The van der Waals surface area contributed by atoms with Crippen molar-refractivity contribution in [3.05, 3.63) is 60.5 Å². The number of nitrogens with zero attached hydrogens (tertiary/aromatic N) is 2. The number of carbonyl (C=O) groups is 1. The zero-order valence-electron chi connectivity index (χ0n) is 15.7. The average Bonchev–Trinajstić information content (AvgIpc) is 3.13. The number of hydrogen-bond donors (Lipinski definition) is 1. The standard InChI is InChI=1S/C22H22FN3O2/c1-26-11-10-15(14-26)12-25-22(27)28-20-13-24-21(17-7-3-2-6-16(17)20)18-8-4-5-9-19(18)23/h2-9,13,15H,10-12,14H2,1H3,(H,25,27). The van der Waals surface area contributed by atoms with Crippen LogP contribution in [0.4, 0.5) is 9.18 Å². The molecule has 1 aromatic heterocycles. The summed E-state index contributed by atoms with van der Waals surface area (Å²) in [4.78, 5) is 18.9. The minimum absolute atomic E-state index is 0.340. The second-order valence-corrected chi connectivity index (χ2v) is 7.18. The fourth-order valence-corrected chi connectivity index (χ4v) is 3.67. The predicted octanol–water partition coefficient (Wildman–Crippen LogP) is 4.08. The largest absolute Gasteiger partial charge is 0.412 e. The number of likely N-dealkylation sites (tertiary alicyclic amines) is 1. The minimum atomic E-state index is -0.500. The van der Waals surface area contributed by atoms with Gasteiger partial charge in [0.25, 0.3) is 0 Å². The van der Waals surface area contributed by atoms with Gasteiger partial charge in [-0.15, -0.1) is 0 Å². The van der Waals surface area contributed by atoms with Crippen molar-refractivity contribution in [3.8, 4) is 17.0 Å². The summed E-state index contributed by atoms with van der Waals surface area (Å²) in [5.74, 6) is 0.459. The second kappa shape index (κ2) is 7.94. The van der Waals surface area contributed by atoms with Gasteiger partial charge in [-0.1, -0.05) is 36.4 Å². The summed E-state index contributed by atoms with van der Waals surface area (Å²) in [6.07, 6.45) is 2.05. The lowest BCUT2D eigenvalue weighted by atomic mass is 10.0. The average molecular weight is 379 g/mol. The molecule has 1 fully saturated rings. The molecule has 1 unspecified atom stereocenters. The van der Waals surface area contributed by atoms with Crippen LogP contribution in [0.25, 0.3) is 22.0 Å². The number of amides is 1. The van der Waals surface area contributed by atoms with Crippen LogP contribution in [-0.2, 0) is 0 Å². The molecule has 0 bridgehead atoms. The molecule has 1 amide bonds. The number of fused-ring (bicyclic) bond motifs is 1. The van der Waals surface area contributed by atoms with Crippen molar-refractivity contribution in [3.63, 3.8) is 0 Å². The van der Waals surface area contributed by atoms with Crippen molar-refractivity contribution in [1.82, 2.24) is 15.2 Å². The summed E-state index contributed by atoms with van der Waals surface area (Å²) >= 11 is 0. The lowest BCUT2D eigenvalue weighted by Gasteiger charge is -2.14. The van der Waals surface area contributed by atoms with E-state index in [1.54, 1.807) is 18.2 Å². The molecule has 1 aliphatic heterocycles. The highest BCUT2D eigenvalue weighted by molar-refractivity contribution is 5.98. The SMILES string of the molecule is CN1CCC(CNC(=O)Oc2cnc(-c3ccccc3F)c3ccccc23)C1. The Morgan fingerprint density at radius 1 is 1.21 bits per heavy atom. The third-order valence-electron chi connectivity index (χ3n) is 5.11. The minimum Gasteiger partial charge on any atom is -0.408 e. The van der Waals surface area contributed by atoms with E-state index in [9.17, 15) is 9.18 Å². The van der Waals surface area contributed by atoms with E-state index >= 15 is 0 Å². The van der Waals surface area contributed by atoms with Gasteiger partial charge in [0.05, 0.1) is 11.9 Å². The van der Waals surface area contributed by atoms with Gasteiger partial charge < -0.3 is 15.0 Å². The maximum Gasteiger partial charge on any atom is 0.412 e. The summed E-state index contributed by atoms with van der Waals surface area (Å²) in [5, 5.41) is 4.28. The number of carbonyl (C=O) groups excluding carboxylic acids is 1. The normalized spacial score (nSPS) is 17.0. The lowest BCUT2D eigenvalue weighted by molar-refractivity contribution is 0.199. The maximum absolute atomic E-state index is 14.3. The summed E-state index contributed by atoms with van der Waals surface area (Å²) in [7, 11) is 2.08. The zero-order chi connectivity index (χ0) is 19.5. The van der Waals surface area contributed by atoms with Crippen LogP contribution in [0.1, 0.15) is 6.42 Å². The van der Waals surface area contributed by atoms with E-state index in [1.165, 1.54) is 12.3 Å². The van der Waals surface area contributed by atoms with Gasteiger partial charge in [0.1, 0.15) is 5.82 Å². The van der Waals surface area contributed by atoms with Crippen molar-refractivity contribution in [1.29, 1.82) is 0 Å². The lowest BCUT2D eigenvalue weighted by Crippen LogP contribution is -2.32. The molecule has 4 rings (SSSR count). The van der Waals surface area contributed by atoms with Gasteiger partial charge in [-0.3, -0.25) is 4.98 Å². The third kappa shape index (κ3) is 3.82. The highest BCUT2D eigenvalue weighted by atomic mass is 19.1. The predicted molar refractivity (Wildman–Crippen MR) is 107 cm³/mol. The molecule has 144 valence electrons. The molecule has 5 nitrogen and oxygen atoms in total. The molecule has 28 heavy (non-hydrogen) atoms. The highest BCUT2D eigenvalue weighted by Gasteiger charge is 2.20. The van der Waals surface area contributed by atoms with Gasteiger partial charge in [0.2, 0.25) is 0 Å². The van der Waals surface area contributed by atoms with Gasteiger partial charge in [-0.05, 0) is 38.1 Å². The highest BCUT2D eigenvalue weighted by Crippen LogP contribution is 2.33. The van der Waals surface area contributed by atoms with Crippen molar-refractivity contribution in [2.45, 2.75) is 6.42 Å². The van der Waals surface area contributed by atoms with Crippen molar-refractivity contribution in [2.75, 3.05) is 26.7 Å². The fourth-order valence-electron chi connectivity index (χ4n) is 3.67. The Balaban J connectivity index is 1.56. The van der Waals surface area contributed by atoms with Crippen molar-refractivity contribution < 1.29 is 13.9 Å². The summed E-state index contributed by atoms with van der Waals surface area (Å²) in [6, 6.07) is 13.9. The van der Waals surface area contributed by atoms with Gasteiger partial charge in [-0.2, -0.15) is 0 Å². The smallest absolute Gasteiger partial charge is 0.408 e. The van der Waals surface area contributed by atoms with Crippen LogP contribution in [0.3, 0.4) is 0 Å². The fraction of sp³-hybridized carbons (Fsp3) is 0.273. The molecular formula is C22H22FN3O2. The number of ether oxygens (including phenoxy) is 1. The first-order valence-electron chi connectivity index (χ1n) is 9.38. The Labute approximate surface area is 163 Å². The van der Waals surface area contributed by atoms with Crippen LogP contribution >= 0.6 is 0 Å². The van der Waals surface area contributed by atoms with Gasteiger partial charge >= 0.3 is 6.09 Å². The summed E-state index contributed by atoms with van der Waals surface area (Å²) in [5.41, 5.74) is 0.940. The Morgan fingerprint density at radius 3 is 2.71 bits per heavy atom. The van der Waals surface area contributed by atoms with E-state index in [4.69, 9.17) is 4.74 Å². The van der Waals surface area contributed by atoms with E-state index in [2.05, 4.69) is 22.2 Å². The Bertz CT molecular complexity index is 1010. The van der Waals surface area contributed by atoms with Crippen LogP contribution in [0.15, 0.2) is 54.7 Å². The topological polar surface area (TPSA) is 54.5 Å². The zero-order valence-corrected chi connectivity index (χ0v) is 15.7. The van der Waals surface area contributed by atoms with Crippen molar-refractivity contribution >= 4 is 16.9 Å². The van der Waals surface area contributed by atoms with E-state index in [-0.39, 0.29) is 5.82 Å².